The summed E-state index contributed by atoms with van der Waals surface area (Å²) in [6.07, 6.45) is 0.703. The smallest absolute Gasteiger partial charge is 0.300 e. The lowest BCUT2D eigenvalue weighted by Gasteiger charge is -2.02. The van der Waals surface area contributed by atoms with Crippen LogP contribution in [0.2, 0.25) is 0 Å². The number of aliphatic hydroxyl groups is 1. The first-order valence-electron chi connectivity index (χ1n) is 3.96. The Hall–Kier alpha value is -0.610. The van der Waals surface area contributed by atoms with Gasteiger partial charge < -0.3 is 14.9 Å². The molecule has 4 nitrogen and oxygen atoms in total. The van der Waals surface area contributed by atoms with Crippen LogP contribution >= 0.6 is 0 Å². The van der Waals surface area contributed by atoms with Crippen LogP contribution in [0.5, 0.6) is 0 Å². The highest BCUT2D eigenvalue weighted by atomic mass is 16.5. The molecular formula is C8H18O4. The number of aliphatic hydroxyl groups excluding tert-OH is 1. The van der Waals surface area contributed by atoms with Gasteiger partial charge in [0.05, 0.1) is 12.7 Å². The summed E-state index contributed by atoms with van der Waals surface area (Å²) in [6.45, 7) is 6.07. The lowest BCUT2D eigenvalue weighted by molar-refractivity contribution is -0.134. The third-order valence-corrected chi connectivity index (χ3v) is 0.708. The van der Waals surface area contributed by atoms with E-state index in [2.05, 4.69) is 0 Å². The second kappa shape index (κ2) is 10.4. The topological polar surface area (TPSA) is 66.8 Å². The summed E-state index contributed by atoms with van der Waals surface area (Å²) < 4.78 is 4.99. The van der Waals surface area contributed by atoms with Crippen LogP contribution < -0.4 is 0 Å². The Bertz CT molecular complexity index is 97.2. The molecule has 0 heterocycles. The molecule has 0 aromatic carbocycles. The van der Waals surface area contributed by atoms with Gasteiger partial charge in [-0.25, -0.2) is 0 Å². The number of carboxylic acid groups (broad SMARTS) is 1. The minimum atomic E-state index is -0.833. The van der Waals surface area contributed by atoms with Crippen LogP contribution in [-0.4, -0.2) is 35.5 Å². The molecule has 0 spiro atoms. The zero-order chi connectivity index (χ0) is 9.98. The Kier molecular flexibility index (Phi) is 12.1. The molecule has 0 radical (unpaired) electrons. The minimum Gasteiger partial charge on any atom is -0.481 e. The van der Waals surface area contributed by atoms with Crippen molar-refractivity contribution in [1.82, 2.24) is 0 Å². The van der Waals surface area contributed by atoms with Gasteiger partial charge in [0.2, 0.25) is 0 Å². The summed E-state index contributed by atoms with van der Waals surface area (Å²) in [4.78, 5) is 9.00. The number of hydrogen-bond donors (Lipinski definition) is 2. The van der Waals surface area contributed by atoms with Gasteiger partial charge in [-0.2, -0.15) is 0 Å². The molecular weight excluding hydrogens is 160 g/mol. The maximum atomic E-state index is 9.00. The zero-order valence-corrected chi connectivity index (χ0v) is 7.91. The summed E-state index contributed by atoms with van der Waals surface area (Å²) in [5.74, 6) is -0.833. The summed E-state index contributed by atoms with van der Waals surface area (Å²) >= 11 is 0. The molecule has 1 unspecified atom stereocenters. The summed E-state index contributed by atoms with van der Waals surface area (Å²) in [5, 5.41) is 16.1. The summed E-state index contributed by atoms with van der Waals surface area (Å²) in [6, 6.07) is 0. The lowest BCUT2D eigenvalue weighted by Crippen LogP contribution is -2.10. The average molecular weight is 178 g/mol. The standard InChI is InChI=1S/C6H14O2.C2H4O2/c1-3-4-8-5-6(2)7;1-2(3)4/h6-7H,3-5H2,1-2H3;1H3,(H,3,4). The molecule has 0 bridgehead atoms. The van der Waals surface area contributed by atoms with Crippen LogP contribution in [0.15, 0.2) is 0 Å². The van der Waals surface area contributed by atoms with Crippen LogP contribution in [0.4, 0.5) is 0 Å². The van der Waals surface area contributed by atoms with E-state index in [0.29, 0.717) is 6.61 Å². The summed E-state index contributed by atoms with van der Waals surface area (Å²) in [5.41, 5.74) is 0. The van der Waals surface area contributed by atoms with Crippen molar-refractivity contribution in [2.45, 2.75) is 33.3 Å². The molecule has 0 aliphatic carbocycles. The lowest BCUT2D eigenvalue weighted by atomic mass is 10.4. The fraction of sp³-hybridized carbons (Fsp3) is 0.875. The first-order valence-corrected chi connectivity index (χ1v) is 3.96. The molecule has 12 heavy (non-hydrogen) atoms. The first kappa shape index (κ1) is 13.9. The monoisotopic (exact) mass is 178 g/mol. The number of carboxylic acids is 1. The third-order valence-electron chi connectivity index (χ3n) is 0.708. The highest BCUT2D eigenvalue weighted by Gasteiger charge is 1.91. The Balaban J connectivity index is 0. The van der Waals surface area contributed by atoms with Crippen LogP contribution in [0.1, 0.15) is 27.2 Å². The average Bonchev–Trinajstić information content (AvgIpc) is 1.86. The van der Waals surface area contributed by atoms with Crippen molar-refractivity contribution in [3.63, 3.8) is 0 Å². The van der Waals surface area contributed by atoms with Crippen molar-refractivity contribution in [1.29, 1.82) is 0 Å². The minimum absolute atomic E-state index is 0.318. The number of hydrogen-bond acceptors (Lipinski definition) is 3. The van der Waals surface area contributed by atoms with E-state index in [1.165, 1.54) is 0 Å². The van der Waals surface area contributed by atoms with E-state index in [0.717, 1.165) is 20.0 Å². The number of ether oxygens (including phenoxy) is 1. The quantitative estimate of drug-likeness (QED) is 0.627. The van der Waals surface area contributed by atoms with Crippen LogP contribution in [0, 0.1) is 0 Å². The highest BCUT2D eigenvalue weighted by molar-refractivity contribution is 5.62. The first-order chi connectivity index (χ1) is 5.50. The van der Waals surface area contributed by atoms with Gasteiger partial charge >= 0.3 is 0 Å². The maximum absolute atomic E-state index is 9.00. The van der Waals surface area contributed by atoms with Crippen LogP contribution in [-0.2, 0) is 9.53 Å². The summed E-state index contributed by atoms with van der Waals surface area (Å²) in [7, 11) is 0. The molecule has 4 heteroatoms. The number of carbonyl (C=O) groups is 1. The Morgan fingerprint density at radius 1 is 1.58 bits per heavy atom. The SMILES string of the molecule is CC(=O)O.CCCOCC(C)O. The van der Waals surface area contributed by atoms with Gasteiger partial charge in [-0.05, 0) is 13.3 Å². The molecule has 0 saturated heterocycles. The molecule has 0 aliphatic heterocycles. The molecule has 0 aromatic heterocycles. The van der Waals surface area contributed by atoms with Crippen molar-refractivity contribution in [2.75, 3.05) is 13.2 Å². The van der Waals surface area contributed by atoms with E-state index in [9.17, 15) is 0 Å². The van der Waals surface area contributed by atoms with Crippen molar-refractivity contribution in [2.24, 2.45) is 0 Å². The Labute approximate surface area is 73.2 Å². The largest absolute Gasteiger partial charge is 0.481 e. The van der Waals surface area contributed by atoms with Gasteiger partial charge in [-0.3, -0.25) is 4.79 Å². The van der Waals surface area contributed by atoms with E-state index in [4.69, 9.17) is 19.7 Å². The van der Waals surface area contributed by atoms with E-state index >= 15 is 0 Å². The van der Waals surface area contributed by atoms with Gasteiger partial charge in [-0.15, -0.1) is 0 Å². The number of rotatable bonds is 4. The molecule has 1 atom stereocenters. The van der Waals surface area contributed by atoms with Gasteiger partial charge in [0.1, 0.15) is 0 Å². The van der Waals surface area contributed by atoms with Gasteiger partial charge in [0.25, 0.3) is 5.97 Å². The fourth-order valence-electron chi connectivity index (χ4n) is 0.398. The second-order valence-corrected chi connectivity index (χ2v) is 2.44. The molecule has 2 N–H and O–H groups in total. The Morgan fingerprint density at radius 2 is 2.00 bits per heavy atom. The van der Waals surface area contributed by atoms with Crippen LogP contribution in [0.25, 0.3) is 0 Å². The van der Waals surface area contributed by atoms with E-state index in [-0.39, 0.29) is 6.10 Å². The maximum Gasteiger partial charge on any atom is 0.300 e. The molecule has 0 saturated carbocycles. The van der Waals surface area contributed by atoms with E-state index in [1.54, 1.807) is 6.92 Å². The van der Waals surface area contributed by atoms with Crippen molar-refractivity contribution in [3.8, 4) is 0 Å². The van der Waals surface area contributed by atoms with E-state index < -0.39 is 5.97 Å². The zero-order valence-electron chi connectivity index (χ0n) is 7.91. The molecule has 0 aromatic rings. The molecule has 0 amide bonds. The van der Waals surface area contributed by atoms with Crippen molar-refractivity contribution in [3.05, 3.63) is 0 Å². The second-order valence-electron chi connectivity index (χ2n) is 2.44. The van der Waals surface area contributed by atoms with Gasteiger partial charge in [-0.1, -0.05) is 6.92 Å². The van der Waals surface area contributed by atoms with Gasteiger partial charge in [0.15, 0.2) is 0 Å². The van der Waals surface area contributed by atoms with Crippen LogP contribution in [0.3, 0.4) is 0 Å². The predicted molar refractivity (Wildman–Crippen MR) is 46.1 cm³/mol. The molecule has 0 fully saturated rings. The molecule has 0 aliphatic rings. The highest BCUT2D eigenvalue weighted by Crippen LogP contribution is 1.83. The fourth-order valence-corrected chi connectivity index (χ4v) is 0.398. The normalized spacial score (nSPS) is 11.3. The van der Waals surface area contributed by atoms with Gasteiger partial charge in [0, 0.05) is 13.5 Å². The molecule has 74 valence electrons. The third kappa shape index (κ3) is 34.3. The van der Waals surface area contributed by atoms with Crippen molar-refractivity contribution >= 4 is 5.97 Å². The van der Waals surface area contributed by atoms with Crippen molar-refractivity contribution < 1.29 is 19.7 Å². The Morgan fingerprint density at radius 3 is 2.25 bits per heavy atom. The number of aliphatic carboxylic acids is 1. The van der Waals surface area contributed by atoms with E-state index in [1.807, 2.05) is 6.92 Å². The molecule has 0 rings (SSSR count). The predicted octanol–water partition coefficient (Wildman–Crippen LogP) is 0.885.